The lowest BCUT2D eigenvalue weighted by Gasteiger charge is -2.25. The Morgan fingerprint density at radius 1 is 0.295 bits per heavy atom. The van der Waals surface area contributed by atoms with Gasteiger partial charge in [0.2, 0.25) is 0 Å². The first kappa shape index (κ1) is 27.2. The molecular weight excluding hydrogens is 530 g/mol. The van der Waals surface area contributed by atoms with Crippen LogP contribution in [0, 0.1) is 0 Å². The van der Waals surface area contributed by atoms with Crippen LogP contribution in [0.25, 0.3) is 55.6 Å². The van der Waals surface area contributed by atoms with Crippen LogP contribution in [-0.4, -0.2) is 7.05 Å². The Morgan fingerprint density at radius 2 is 0.705 bits per heavy atom. The summed E-state index contributed by atoms with van der Waals surface area (Å²) < 4.78 is 0. The zero-order valence-corrected chi connectivity index (χ0v) is 24.8. The van der Waals surface area contributed by atoms with Gasteiger partial charge in [-0.05, 0) is 68.3 Å². The second kappa shape index (κ2) is 12.3. The fourth-order valence-corrected chi connectivity index (χ4v) is 6.04. The predicted octanol–water partition coefficient (Wildman–Crippen LogP) is 11.8. The SMILES string of the molecule is CN(c1ccc(-c2ccc(-c3ccccc3)cc2)c(-c2ccccc2-c2ccccc2)c1)c1ccccc1-c1ccccc1. The summed E-state index contributed by atoms with van der Waals surface area (Å²) in [6.45, 7) is 0. The molecule has 0 aliphatic rings. The molecule has 0 heterocycles. The van der Waals surface area contributed by atoms with Crippen molar-refractivity contribution in [3.8, 4) is 55.6 Å². The van der Waals surface area contributed by atoms with Gasteiger partial charge in [0.1, 0.15) is 0 Å². The van der Waals surface area contributed by atoms with E-state index in [0.29, 0.717) is 0 Å². The highest BCUT2D eigenvalue weighted by molar-refractivity contribution is 5.94. The monoisotopic (exact) mass is 563 g/mol. The summed E-state index contributed by atoms with van der Waals surface area (Å²) in [5, 5.41) is 0. The van der Waals surface area contributed by atoms with Crippen LogP contribution in [0.4, 0.5) is 11.4 Å². The Kier molecular flexibility index (Phi) is 7.60. The molecule has 0 radical (unpaired) electrons. The fourth-order valence-electron chi connectivity index (χ4n) is 6.04. The van der Waals surface area contributed by atoms with E-state index in [2.05, 4.69) is 194 Å². The van der Waals surface area contributed by atoms with Gasteiger partial charge in [0, 0.05) is 24.0 Å². The van der Waals surface area contributed by atoms with Gasteiger partial charge in [0.15, 0.2) is 0 Å². The van der Waals surface area contributed by atoms with Gasteiger partial charge in [0.05, 0.1) is 0 Å². The average Bonchev–Trinajstić information content (AvgIpc) is 3.12. The van der Waals surface area contributed by atoms with Crippen molar-refractivity contribution in [2.75, 3.05) is 11.9 Å². The molecule has 0 atom stereocenters. The molecule has 0 unspecified atom stereocenters. The number of hydrogen-bond donors (Lipinski definition) is 0. The van der Waals surface area contributed by atoms with Crippen LogP contribution in [-0.2, 0) is 0 Å². The molecule has 0 aromatic heterocycles. The first-order valence-corrected chi connectivity index (χ1v) is 15.1. The Morgan fingerprint density at radius 3 is 1.34 bits per heavy atom. The van der Waals surface area contributed by atoms with E-state index in [1.807, 2.05) is 0 Å². The van der Waals surface area contributed by atoms with Gasteiger partial charge >= 0.3 is 0 Å². The van der Waals surface area contributed by atoms with Crippen LogP contribution in [0.15, 0.2) is 182 Å². The molecule has 0 spiro atoms. The summed E-state index contributed by atoms with van der Waals surface area (Å²) in [6, 6.07) is 65.1. The predicted molar refractivity (Wildman–Crippen MR) is 188 cm³/mol. The molecule has 210 valence electrons. The van der Waals surface area contributed by atoms with Gasteiger partial charge in [0.25, 0.3) is 0 Å². The number of rotatable bonds is 7. The summed E-state index contributed by atoms with van der Waals surface area (Å²) in [6.07, 6.45) is 0. The van der Waals surface area contributed by atoms with Crippen LogP contribution in [0.1, 0.15) is 0 Å². The van der Waals surface area contributed by atoms with Crippen LogP contribution in [0.3, 0.4) is 0 Å². The van der Waals surface area contributed by atoms with E-state index in [4.69, 9.17) is 0 Å². The minimum absolute atomic E-state index is 1.14. The van der Waals surface area contributed by atoms with Crippen LogP contribution >= 0.6 is 0 Å². The third-order valence-corrected chi connectivity index (χ3v) is 8.35. The summed E-state index contributed by atoms with van der Waals surface area (Å²) in [7, 11) is 2.16. The zero-order valence-electron chi connectivity index (χ0n) is 24.8. The van der Waals surface area contributed by atoms with E-state index < -0.39 is 0 Å². The lowest BCUT2D eigenvalue weighted by molar-refractivity contribution is 1.21. The van der Waals surface area contributed by atoms with E-state index in [1.54, 1.807) is 0 Å². The summed E-state index contributed by atoms with van der Waals surface area (Å²) >= 11 is 0. The van der Waals surface area contributed by atoms with Crippen molar-refractivity contribution < 1.29 is 0 Å². The van der Waals surface area contributed by atoms with Gasteiger partial charge in [-0.2, -0.15) is 0 Å². The second-order valence-corrected chi connectivity index (χ2v) is 11.0. The van der Waals surface area contributed by atoms with Crippen molar-refractivity contribution in [3.05, 3.63) is 182 Å². The van der Waals surface area contributed by atoms with Crippen LogP contribution in [0.5, 0.6) is 0 Å². The number of nitrogens with zero attached hydrogens (tertiary/aromatic N) is 1. The molecule has 1 nitrogen and oxygen atoms in total. The summed E-state index contributed by atoms with van der Waals surface area (Å²) in [4.78, 5) is 2.30. The molecule has 7 aromatic rings. The maximum atomic E-state index is 2.35. The van der Waals surface area contributed by atoms with Crippen molar-refractivity contribution in [1.29, 1.82) is 0 Å². The maximum absolute atomic E-state index is 2.35. The van der Waals surface area contributed by atoms with E-state index in [-0.39, 0.29) is 0 Å². The number of anilines is 2. The van der Waals surface area contributed by atoms with Crippen LogP contribution < -0.4 is 4.90 Å². The normalized spacial score (nSPS) is 10.8. The van der Waals surface area contributed by atoms with Gasteiger partial charge < -0.3 is 4.90 Å². The Hall–Kier alpha value is -5.66. The van der Waals surface area contributed by atoms with Crippen molar-refractivity contribution in [2.45, 2.75) is 0 Å². The summed E-state index contributed by atoms with van der Waals surface area (Å²) in [5.41, 5.74) is 14.4. The summed E-state index contributed by atoms with van der Waals surface area (Å²) in [5.74, 6) is 0. The minimum atomic E-state index is 1.14. The van der Waals surface area contributed by atoms with E-state index >= 15 is 0 Å². The topological polar surface area (TPSA) is 3.24 Å². The van der Waals surface area contributed by atoms with Gasteiger partial charge in [-0.1, -0.05) is 164 Å². The highest BCUT2D eigenvalue weighted by atomic mass is 15.1. The van der Waals surface area contributed by atoms with Crippen molar-refractivity contribution in [2.24, 2.45) is 0 Å². The molecule has 7 rings (SSSR count). The first-order valence-electron chi connectivity index (χ1n) is 15.1. The quantitative estimate of drug-likeness (QED) is 0.186. The highest BCUT2D eigenvalue weighted by Gasteiger charge is 2.17. The molecule has 0 aliphatic carbocycles. The largest absolute Gasteiger partial charge is 0.344 e. The molecule has 0 aliphatic heterocycles. The van der Waals surface area contributed by atoms with Gasteiger partial charge in [-0.3, -0.25) is 0 Å². The van der Waals surface area contributed by atoms with E-state index in [0.717, 1.165) is 5.69 Å². The average molecular weight is 564 g/mol. The third kappa shape index (κ3) is 5.44. The van der Waals surface area contributed by atoms with Gasteiger partial charge in [-0.25, -0.2) is 0 Å². The smallest absolute Gasteiger partial charge is 0.0487 e. The molecule has 0 saturated heterocycles. The van der Waals surface area contributed by atoms with E-state index in [1.165, 1.54) is 61.3 Å². The number of benzene rings is 7. The molecule has 7 aromatic carbocycles. The molecule has 0 N–H and O–H groups in total. The first-order chi connectivity index (χ1) is 21.8. The molecule has 0 fully saturated rings. The molecule has 0 bridgehead atoms. The third-order valence-electron chi connectivity index (χ3n) is 8.35. The Bertz CT molecular complexity index is 1990. The number of hydrogen-bond acceptors (Lipinski definition) is 1. The zero-order chi connectivity index (χ0) is 29.7. The van der Waals surface area contributed by atoms with Crippen molar-refractivity contribution in [1.82, 2.24) is 0 Å². The minimum Gasteiger partial charge on any atom is -0.344 e. The molecule has 44 heavy (non-hydrogen) atoms. The van der Waals surface area contributed by atoms with Gasteiger partial charge in [-0.15, -0.1) is 0 Å². The van der Waals surface area contributed by atoms with E-state index in [9.17, 15) is 0 Å². The maximum Gasteiger partial charge on any atom is 0.0487 e. The molecule has 0 amide bonds. The van der Waals surface area contributed by atoms with Crippen molar-refractivity contribution in [3.63, 3.8) is 0 Å². The molecular formula is C43H33N. The van der Waals surface area contributed by atoms with Crippen molar-refractivity contribution >= 4 is 11.4 Å². The standard InChI is InChI=1S/C43H33N/c1-44(43-24-14-13-22-40(43)35-19-9-4-10-20-35)37-29-30-39(36-27-25-33(26-28-36)32-15-5-2-6-16-32)42(31-37)41-23-12-11-21-38(41)34-17-7-3-8-18-34/h2-31H,1H3. The lowest BCUT2D eigenvalue weighted by atomic mass is 9.88. The van der Waals surface area contributed by atoms with Crippen LogP contribution in [0.2, 0.25) is 0 Å². The lowest BCUT2D eigenvalue weighted by Crippen LogP contribution is -2.11. The Balaban J connectivity index is 1.38. The molecule has 1 heteroatoms. The molecule has 0 saturated carbocycles. The number of para-hydroxylation sites is 1. The second-order valence-electron chi connectivity index (χ2n) is 11.0. The Labute approximate surface area is 260 Å². The fraction of sp³-hybridized carbons (Fsp3) is 0.0233. The highest BCUT2D eigenvalue weighted by Crippen LogP contribution is 2.42.